The molecule has 1 aromatic heterocycles. The minimum atomic E-state index is -4.12. The molecule has 0 bridgehead atoms. The molecule has 2 rings (SSSR count). The molecular weight excluding hydrogens is 273 g/mol. The highest BCUT2D eigenvalue weighted by atomic mass is 32.2. The second-order valence-electron chi connectivity index (χ2n) is 4.08. The van der Waals surface area contributed by atoms with Gasteiger partial charge in [0.2, 0.25) is 0 Å². The number of aromatic nitrogens is 2. The minimum Gasteiger partial charge on any atom is -0.295 e. The van der Waals surface area contributed by atoms with Crippen LogP contribution in [-0.4, -0.2) is 21.5 Å². The highest BCUT2D eigenvalue weighted by molar-refractivity contribution is 7.99. The summed E-state index contributed by atoms with van der Waals surface area (Å²) >= 11 is 1.12. The molecule has 0 saturated heterocycles. The van der Waals surface area contributed by atoms with Crippen molar-refractivity contribution in [3.8, 4) is 5.69 Å². The second-order valence-corrected chi connectivity index (χ2v) is 5.14. The number of halogens is 3. The molecule has 19 heavy (non-hydrogen) atoms. The van der Waals surface area contributed by atoms with Crippen molar-refractivity contribution in [1.82, 2.24) is 9.55 Å². The van der Waals surface area contributed by atoms with Crippen LogP contribution in [0.2, 0.25) is 0 Å². The van der Waals surface area contributed by atoms with Crippen molar-refractivity contribution in [3.63, 3.8) is 0 Å². The van der Waals surface area contributed by atoms with Crippen molar-refractivity contribution >= 4 is 11.8 Å². The molecular formula is C13H13F3N2S. The molecule has 0 saturated carbocycles. The van der Waals surface area contributed by atoms with Gasteiger partial charge in [-0.2, -0.15) is 13.2 Å². The number of benzene rings is 1. The Morgan fingerprint density at radius 2 is 2.00 bits per heavy atom. The summed E-state index contributed by atoms with van der Waals surface area (Å²) < 4.78 is 38.2. The molecule has 0 unspecified atom stereocenters. The van der Waals surface area contributed by atoms with Crippen LogP contribution in [0.5, 0.6) is 0 Å². The fourth-order valence-electron chi connectivity index (χ4n) is 1.67. The maximum atomic E-state index is 12.1. The standard InChI is InChI=1S/C13H13F3N2S/c1-10-4-2-3-5-11(10)18-8-7-17-12(18)19-9-6-13(14,15)16/h2-5,7-8H,6,9H2,1H3. The zero-order valence-electron chi connectivity index (χ0n) is 10.3. The summed E-state index contributed by atoms with van der Waals surface area (Å²) in [4.78, 5) is 4.11. The van der Waals surface area contributed by atoms with E-state index in [0.29, 0.717) is 5.16 Å². The number of para-hydroxylation sites is 1. The first-order valence-corrected chi connectivity index (χ1v) is 6.75. The van der Waals surface area contributed by atoms with E-state index in [1.54, 1.807) is 12.4 Å². The van der Waals surface area contributed by atoms with Crippen LogP contribution < -0.4 is 0 Å². The van der Waals surface area contributed by atoms with Gasteiger partial charge in [0.25, 0.3) is 0 Å². The first-order chi connectivity index (χ1) is 8.97. The van der Waals surface area contributed by atoms with Crippen molar-refractivity contribution < 1.29 is 13.2 Å². The third kappa shape index (κ3) is 3.76. The van der Waals surface area contributed by atoms with Crippen LogP contribution in [0.3, 0.4) is 0 Å². The van der Waals surface area contributed by atoms with Crippen molar-refractivity contribution in [2.75, 3.05) is 5.75 Å². The molecule has 0 radical (unpaired) electrons. The highest BCUT2D eigenvalue weighted by Crippen LogP contribution is 2.27. The maximum absolute atomic E-state index is 12.1. The van der Waals surface area contributed by atoms with E-state index in [0.717, 1.165) is 23.0 Å². The van der Waals surface area contributed by atoms with Crippen molar-refractivity contribution in [1.29, 1.82) is 0 Å². The number of aryl methyl sites for hydroxylation is 1. The predicted molar refractivity (Wildman–Crippen MR) is 69.7 cm³/mol. The summed E-state index contributed by atoms with van der Waals surface area (Å²) in [5.41, 5.74) is 1.99. The molecule has 0 aliphatic heterocycles. The quantitative estimate of drug-likeness (QED) is 0.783. The molecule has 0 N–H and O–H groups in total. The smallest absolute Gasteiger partial charge is 0.295 e. The molecule has 0 amide bonds. The Balaban J connectivity index is 2.13. The lowest BCUT2D eigenvalue weighted by Crippen LogP contribution is -2.08. The summed E-state index contributed by atoms with van der Waals surface area (Å²) in [5, 5.41) is 0.582. The van der Waals surface area contributed by atoms with Crippen LogP contribution in [0.25, 0.3) is 5.69 Å². The Morgan fingerprint density at radius 1 is 1.26 bits per heavy atom. The Kier molecular flexibility index (Phi) is 4.19. The van der Waals surface area contributed by atoms with E-state index >= 15 is 0 Å². The zero-order valence-corrected chi connectivity index (χ0v) is 11.1. The summed E-state index contributed by atoms with van der Waals surface area (Å²) in [7, 11) is 0. The molecule has 1 aromatic carbocycles. The Morgan fingerprint density at radius 3 is 2.68 bits per heavy atom. The number of imidazole rings is 1. The number of nitrogens with zero attached hydrogens (tertiary/aromatic N) is 2. The lowest BCUT2D eigenvalue weighted by atomic mass is 10.2. The summed E-state index contributed by atoms with van der Waals surface area (Å²) in [5.74, 6) is -0.0214. The lowest BCUT2D eigenvalue weighted by Gasteiger charge is -2.10. The molecule has 6 heteroatoms. The van der Waals surface area contributed by atoms with E-state index in [4.69, 9.17) is 0 Å². The molecule has 2 nitrogen and oxygen atoms in total. The van der Waals surface area contributed by atoms with Gasteiger partial charge in [-0.3, -0.25) is 4.57 Å². The van der Waals surface area contributed by atoms with Crippen molar-refractivity contribution in [2.24, 2.45) is 0 Å². The van der Waals surface area contributed by atoms with Crippen LogP contribution in [0.1, 0.15) is 12.0 Å². The number of rotatable bonds is 4. The van der Waals surface area contributed by atoms with E-state index in [1.807, 2.05) is 35.8 Å². The van der Waals surface area contributed by atoms with Crippen molar-refractivity contribution in [3.05, 3.63) is 42.2 Å². The molecule has 0 atom stereocenters. The number of hydrogen-bond donors (Lipinski definition) is 0. The van der Waals surface area contributed by atoms with Crippen LogP contribution in [0.4, 0.5) is 13.2 Å². The summed E-state index contributed by atoms with van der Waals surface area (Å²) in [6.45, 7) is 1.96. The van der Waals surface area contributed by atoms with E-state index in [2.05, 4.69) is 4.98 Å². The molecule has 1 heterocycles. The van der Waals surface area contributed by atoms with E-state index in [9.17, 15) is 13.2 Å². The molecule has 102 valence electrons. The van der Waals surface area contributed by atoms with E-state index in [1.165, 1.54) is 0 Å². The molecule has 0 spiro atoms. The first kappa shape index (κ1) is 14.0. The molecule has 0 aliphatic rings. The van der Waals surface area contributed by atoms with Gasteiger partial charge < -0.3 is 0 Å². The highest BCUT2D eigenvalue weighted by Gasteiger charge is 2.26. The lowest BCUT2D eigenvalue weighted by molar-refractivity contribution is -0.129. The predicted octanol–water partition coefficient (Wildman–Crippen LogP) is 4.23. The third-order valence-electron chi connectivity index (χ3n) is 2.60. The first-order valence-electron chi connectivity index (χ1n) is 5.76. The topological polar surface area (TPSA) is 17.8 Å². The van der Waals surface area contributed by atoms with Gasteiger partial charge in [0.15, 0.2) is 5.16 Å². The fraction of sp³-hybridized carbons (Fsp3) is 0.308. The van der Waals surface area contributed by atoms with Gasteiger partial charge in [-0.05, 0) is 18.6 Å². The SMILES string of the molecule is Cc1ccccc1-n1ccnc1SCCC(F)(F)F. The summed E-state index contributed by atoms with van der Waals surface area (Å²) in [6, 6.07) is 7.70. The van der Waals surface area contributed by atoms with Gasteiger partial charge in [0.05, 0.1) is 12.1 Å². The Labute approximate surface area is 113 Å². The van der Waals surface area contributed by atoms with Crippen LogP contribution in [-0.2, 0) is 0 Å². The van der Waals surface area contributed by atoms with Gasteiger partial charge in [-0.25, -0.2) is 4.98 Å². The summed E-state index contributed by atoms with van der Waals surface area (Å²) in [6.07, 6.45) is -1.56. The normalized spacial score (nSPS) is 11.8. The average Bonchev–Trinajstić information content (AvgIpc) is 2.76. The average molecular weight is 286 g/mol. The Bertz CT molecular complexity index is 549. The zero-order chi connectivity index (χ0) is 13.9. The van der Waals surface area contributed by atoms with Crippen molar-refractivity contribution in [2.45, 2.75) is 24.7 Å². The van der Waals surface area contributed by atoms with E-state index < -0.39 is 12.6 Å². The number of hydrogen-bond acceptors (Lipinski definition) is 2. The minimum absolute atomic E-state index is 0.0214. The molecule has 0 fully saturated rings. The van der Waals surface area contributed by atoms with Gasteiger partial charge in [-0.1, -0.05) is 30.0 Å². The molecule has 0 aliphatic carbocycles. The van der Waals surface area contributed by atoms with Gasteiger partial charge in [0.1, 0.15) is 0 Å². The Hall–Kier alpha value is -1.43. The van der Waals surface area contributed by atoms with Gasteiger partial charge in [-0.15, -0.1) is 0 Å². The van der Waals surface area contributed by atoms with Crippen LogP contribution >= 0.6 is 11.8 Å². The maximum Gasteiger partial charge on any atom is 0.389 e. The third-order valence-corrected chi connectivity index (χ3v) is 3.57. The number of alkyl halides is 3. The monoisotopic (exact) mass is 286 g/mol. The second kappa shape index (κ2) is 5.69. The van der Waals surface area contributed by atoms with E-state index in [-0.39, 0.29) is 5.75 Å². The van der Waals surface area contributed by atoms with Crippen LogP contribution in [0, 0.1) is 6.92 Å². The number of thioether (sulfide) groups is 1. The van der Waals surface area contributed by atoms with Gasteiger partial charge >= 0.3 is 6.18 Å². The van der Waals surface area contributed by atoms with Crippen LogP contribution in [0.15, 0.2) is 41.8 Å². The molecule has 2 aromatic rings. The largest absolute Gasteiger partial charge is 0.389 e. The van der Waals surface area contributed by atoms with Gasteiger partial charge in [0, 0.05) is 18.1 Å². The fourth-order valence-corrected chi connectivity index (χ4v) is 2.62.